The number of guanidine groups is 1. The maximum absolute atomic E-state index is 12.2. The first-order valence-corrected chi connectivity index (χ1v) is 8.67. The van der Waals surface area contributed by atoms with E-state index in [0.717, 1.165) is 11.5 Å². The van der Waals surface area contributed by atoms with Crippen LogP contribution in [0.1, 0.15) is 16.8 Å². The van der Waals surface area contributed by atoms with Crippen LogP contribution < -0.4 is 16.0 Å². The number of amides is 1. The molecule has 2 aromatic rings. The largest absolute Gasteiger partial charge is 0.481 e. The van der Waals surface area contributed by atoms with Gasteiger partial charge in [0.1, 0.15) is 0 Å². The van der Waals surface area contributed by atoms with E-state index in [4.69, 9.17) is 16.2 Å². The fourth-order valence-corrected chi connectivity index (χ4v) is 3.14. The quantitative estimate of drug-likeness (QED) is 0.420. The molecule has 1 aliphatic heterocycles. The Morgan fingerprint density at radius 1 is 1.30 bits per heavy atom. The van der Waals surface area contributed by atoms with Crippen molar-refractivity contribution in [2.24, 2.45) is 12.8 Å². The number of carboxylic acid groups (broad SMARTS) is 1. The molecule has 0 radical (unpaired) electrons. The van der Waals surface area contributed by atoms with Gasteiger partial charge >= 0.3 is 5.97 Å². The number of aromatic nitrogens is 2. The minimum Gasteiger partial charge on any atom is -0.481 e. The molecule has 0 aliphatic carbocycles. The maximum atomic E-state index is 12.2. The monoisotopic (exact) mass is 373 g/mol. The Hall–Kier alpha value is -3.30. The Bertz CT molecular complexity index is 884. The summed E-state index contributed by atoms with van der Waals surface area (Å²) in [6.45, 7) is 2.82. The molecule has 27 heavy (non-hydrogen) atoms. The number of anilines is 1. The lowest BCUT2D eigenvalue weighted by Gasteiger charge is -2.35. The standard InChI is InChI=1S/C17H23N7O3/c1-22-13-3-2-11(15(27)20-5-4-14(25)26)10-12(13)21-17(22)24-8-6-23(7-9-24)16(18)19/h2-3,10H,4-9H2,1H3,(H3,18,19)(H,20,27)(H,25,26). The number of nitrogens with two attached hydrogens (primary N) is 1. The topological polar surface area (TPSA) is 141 Å². The van der Waals surface area contributed by atoms with Crippen molar-refractivity contribution in [2.75, 3.05) is 37.6 Å². The summed E-state index contributed by atoms with van der Waals surface area (Å²) >= 11 is 0. The number of carbonyl (C=O) groups is 2. The van der Waals surface area contributed by atoms with E-state index in [1.54, 1.807) is 12.1 Å². The molecule has 0 unspecified atom stereocenters. The molecule has 1 fully saturated rings. The number of rotatable bonds is 5. The van der Waals surface area contributed by atoms with Gasteiger partial charge in [0.05, 0.1) is 17.5 Å². The lowest BCUT2D eigenvalue weighted by Crippen LogP contribution is -2.51. The fraction of sp³-hybridized carbons (Fsp3) is 0.412. The van der Waals surface area contributed by atoms with E-state index in [9.17, 15) is 9.59 Å². The van der Waals surface area contributed by atoms with Gasteiger partial charge in [-0.2, -0.15) is 0 Å². The summed E-state index contributed by atoms with van der Waals surface area (Å²) in [4.78, 5) is 31.3. The Kier molecular flexibility index (Phi) is 5.15. The van der Waals surface area contributed by atoms with E-state index in [2.05, 4.69) is 15.2 Å². The zero-order valence-corrected chi connectivity index (χ0v) is 15.1. The molecule has 10 nitrogen and oxygen atoms in total. The number of carboxylic acids is 1. The first kappa shape index (κ1) is 18.5. The van der Waals surface area contributed by atoms with E-state index in [0.29, 0.717) is 37.3 Å². The average molecular weight is 373 g/mol. The van der Waals surface area contributed by atoms with E-state index < -0.39 is 5.97 Å². The Labute approximate surface area is 156 Å². The molecule has 2 heterocycles. The molecule has 0 saturated carbocycles. The highest BCUT2D eigenvalue weighted by Crippen LogP contribution is 2.23. The Morgan fingerprint density at radius 3 is 2.63 bits per heavy atom. The summed E-state index contributed by atoms with van der Waals surface area (Å²) in [5.74, 6) is -0.389. The SMILES string of the molecule is Cn1c(N2CCN(C(=N)N)CC2)nc2cc(C(=O)NCCC(=O)O)ccc21. The van der Waals surface area contributed by atoms with Crippen molar-refractivity contribution < 1.29 is 14.7 Å². The maximum Gasteiger partial charge on any atom is 0.305 e. The lowest BCUT2D eigenvalue weighted by atomic mass is 10.2. The van der Waals surface area contributed by atoms with Crippen LogP contribution in [0.5, 0.6) is 0 Å². The van der Waals surface area contributed by atoms with Crippen molar-refractivity contribution >= 4 is 34.8 Å². The molecule has 3 rings (SSSR count). The van der Waals surface area contributed by atoms with Crippen LogP contribution in [0.3, 0.4) is 0 Å². The Morgan fingerprint density at radius 2 is 2.00 bits per heavy atom. The van der Waals surface area contributed by atoms with Crippen LogP contribution >= 0.6 is 0 Å². The zero-order valence-electron chi connectivity index (χ0n) is 15.1. The number of benzene rings is 1. The van der Waals surface area contributed by atoms with Crippen LogP contribution in [0.15, 0.2) is 18.2 Å². The van der Waals surface area contributed by atoms with Gasteiger partial charge < -0.3 is 30.5 Å². The molecule has 0 bridgehead atoms. The zero-order chi connectivity index (χ0) is 19.6. The van der Waals surface area contributed by atoms with Crippen LogP contribution in [0, 0.1) is 5.41 Å². The van der Waals surface area contributed by atoms with Crippen molar-refractivity contribution in [3.63, 3.8) is 0 Å². The van der Waals surface area contributed by atoms with Crippen molar-refractivity contribution in [2.45, 2.75) is 6.42 Å². The smallest absolute Gasteiger partial charge is 0.305 e. The van der Waals surface area contributed by atoms with Crippen LogP contribution in [-0.2, 0) is 11.8 Å². The molecular weight excluding hydrogens is 350 g/mol. The number of aliphatic carboxylic acids is 1. The molecular formula is C17H23N7O3. The van der Waals surface area contributed by atoms with Crippen LogP contribution in [-0.4, -0.2) is 70.1 Å². The number of piperazine rings is 1. The highest BCUT2D eigenvalue weighted by Gasteiger charge is 2.22. The van der Waals surface area contributed by atoms with Gasteiger partial charge in [-0.05, 0) is 18.2 Å². The van der Waals surface area contributed by atoms with Gasteiger partial charge in [0.25, 0.3) is 5.91 Å². The van der Waals surface area contributed by atoms with Gasteiger partial charge in [-0.25, -0.2) is 4.98 Å². The molecule has 1 amide bonds. The van der Waals surface area contributed by atoms with Crippen LogP contribution in [0.4, 0.5) is 5.95 Å². The number of nitrogens with zero attached hydrogens (tertiary/aromatic N) is 4. The summed E-state index contributed by atoms with van der Waals surface area (Å²) < 4.78 is 1.98. The number of nitrogens with one attached hydrogen (secondary N) is 2. The number of fused-ring (bicyclic) bond motifs is 1. The average Bonchev–Trinajstić information content (AvgIpc) is 2.97. The molecule has 1 saturated heterocycles. The van der Waals surface area contributed by atoms with Gasteiger partial charge in [-0.1, -0.05) is 0 Å². The van der Waals surface area contributed by atoms with Crippen molar-refractivity contribution in [3.05, 3.63) is 23.8 Å². The van der Waals surface area contributed by atoms with Crippen molar-refractivity contribution in [1.82, 2.24) is 19.8 Å². The number of hydrogen-bond donors (Lipinski definition) is 4. The van der Waals surface area contributed by atoms with Crippen molar-refractivity contribution in [1.29, 1.82) is 5.41 Å². The molecule has 10 heteroatoms. The molecule has 5 N–H and O–H groups in total. The number of aryl methyl sites for hydroxylation is 1. The highest BCUT2D eigenvalue weighted by atomic mass is 16.4. The summed E-state index contributed by atoms with van der Waals surface area (Å²) in [6.07, 6.45) is -0.117. The summed E-state index contributed by atoms with van der Waals surface area (Å²) in [5, 5.41) is 18.8. The number of carbonyl (C=O) groups excluding carboxylic acids is 1. The predicted molar refractivity (Wildman–Crippen MR) is 101 cm³/mol. The molecule has 0 atom stereocenters. The van der Waals surface area contributed by atoms with E-state index in [1.807, 2.05) is 22.6 Å². The predicted octanol–water partition coefficient (Wildman–Crippen LogP) is -0.207. The molecule has 144 valence electrons. The van der Waals surface area contributed by atoms with E-state index in [-0.39, 0.29) is 24.8 Å². The van der Waals surface area contributed by atoms with Gasteiger partial charge in [0.15, 0.2) is 5.96 Å². The third-order valence-corrected chi connectivity index (χ3v) is 4.65. The van der Waals surface area contributed by atoms with Crippen LogP contribution in [0.25, 0.3) is 11.0 Å². The lowest BCUT2D eigenvalue weighted by molar-refractivity contribution is -0.136. The fourth-order valence-electron chi connectivity index (χ4n) is 3.14. The van der Waals surface area contributed by atoms with Crippen molar-refractivity contribution in [3.8, 4) is 0 Å². The van der Waals surface area contributed by atoms with Gasteiger partial charge in [-0.3, -0.25) is 15.0 Å². The minimum atomic E-state index is -0.954. The van der Waals surface area contributed by atoms with Gasteiger partial charge in [0.2, 0.25) is 5.95 Å². The summed E-state index contributed by atoms with van der Waals surface area (Å²) in [7, 11) is 1.93. The van der Waals surface area contributed by atoms with E-state index >= 15 is 0 Å². The third kappa shape index (κ3) is 3.94. The number of imidazole rings is 1. The first-order chi connectivity index (χ1) is 12.9. The van der Waals surface area contributed by atoms with Crippen LogP contribution in [0.2, 0.25) is 0 Å². The summed E-state index contributed by atoms with van der Waals surface area (Å²) in [6, 6.07) is 5.25. The molecule has 1 aromatic heterocycles. The second kappa shape index (κ2) is 7.52. The molecule has 1 aromatic carbocycles. The second-order valence-electron chi connectivity index (χ2n) is 6.43. The molecule has 0 spiro atoms. The second-order valence-corrected chi connectivity index (χ2v) is 6.43. The Balaban J connectivity index is 1.76. The molecule has 1 aliphatic rings. The third-order valence-electron chi connectivity index (χ3n) is 4.65. The van der Waals surface area contributed by atoms with Gasteiger partial charge in [-0.15, -0.1) is 0 Å². The van der Waals surface area contributed by atoms with Gasteiger partial charge in [0, 0.05) is 45.3 Å². The minimum absolute atomic E-state index is 0.0817. The van der Waals surface area contributed by atoms with E-state index in [1.165, 1.54) is 0 Å². The number of hydrogen-bond acceptors (Lipinski definition) is 5. The first-order valence-electron chi connectivity index (χ1n) is 8.67. The summed E-state index contributed by atoms with van der Waals surface area (Å²) in [5.41, 5.74) is 7.59. The highest BCUT2D eigenvalue weighted by molar-refractivity contribution is 5.97. The normalized spacial score (nSPS) is 14.4.